The third-order valence-corrected chi connectivity index (χ3v) is 5.30. The zero-order chi connectivity index (χ0) is 23.4. The number of aliphatic hydroxyl groups is 1. The zero-order valence-corrected chi connectivity index (χ0v) is 17.2. The molecule has 3 heterocycles. The summed E-state index contributed by atoms with van der Waals surface area (Å²) in [5, 5.41) is 24.5. The number of carboxylic acid groups (broad SMARTS) is 1. The molecule has 1 aromatic rings. The van der Waals surface area contributed by atoms with Gasteiger partial charge in [0.2, 0.25) is 11.8 Å². The fourth-order valence-corrected chi connectivity index (χ4v) is 3.72. The minimum atomic E-state index is -3.03. The van der Waals surface area contributed by atoms with Gasteiger partial charge in [0.1, 0.15) is 17.9 Å². The lowest BCUT2D eigenvalue weighted by atomic mass is 9.99. The molecule has 3 aliphatic heterocycles. The van der Waals surface area contributed by atoms with Crippen molar-refractivity contribution in [3.8, 4) is 5.75 Å². The maximum absolute atomic E-state index is 12.4. The quantitative estimate of drug-likeness (QED) is 0.381. The van der Waals surface area contributed by atoms with E-state index in [4.69, 9.17) is 4.74 Å². The maximum atomic E-state index is 12.4. The number of carbonyl (C=O) groups excluding carboxylic acids is 2. The lowest BCUT2D eigenvalue weighted by Gasteiger charge is -2.46. The van der Waals surface area contributed by atoms with Crippen LogP contribution in [0.2, 0.25) is 0 Å². The van der Waals surface area contributed by atoms with Crippen LogP contribution in [0.3, 0.4) is 0 Å². The number of nitrogens with one attached hydrogen (secondary N) is 2. The number of carbonyl (C=O) groups is 3. The van der Waals surface area contributed by atoms with Gasteiger partial charge in [-0.1, -0.05) is 12.1 Å². The number of carboxylic acids is 1. The highest BCUT2D eigenvalue weighted by atomic mass is 19.3. The molecule has 0 saturated carbocycles. The number of ether oxygens (including phenoxy) is 2. The maximum Gasteiger partial charge on any atom is 0.387 e. The van der Waals surface area contributed by atoms with Gasteiger partial charge in [-0.05, 0) is 24.6 Å². The molecule has 0 spiro atoms. The van der Waals surface area contributed by atoms with Gasteiger partial charge in [-0.25, -0.2) is 4.79 Å². The molecule has 2 amide bonds. The monoisotopic (exact) mass is 457 g/mol. The SMILES string of the molecule is C[C@H](NC(=O)CN1CC2CC(C1)O2)C(=O)N[C@H](C(=O)O)[C@H](O)c1ccc(OC(F)F)cc1. The Morgan fingerprint density at radius 3 is 2.31 bits per heavy atom. The normalized spacial score (nSPS) is 22.9. The van der Waals surface area contributed by atoms with Crippen molar-refractivity contribution in [2.75, 3.05) is 19.6 Å². The number of morpholine rings is 1. The second-order valence-corrected chi connectivity index (χ2v) is 7.82. The lowest BCUT2D eigenvalue weighted by molar-refractivity contribution is -0.181. The van der Waals surface area contributed by atoms with Crippen molar-refractivity contribution in [1.29, 1.82) is 0 Å². The first-order valence-corrected chi connectivity index (χ1v) is 10.1. The van der Waals surface area contributed by atoms with E-state index in [1.165, 1.54) is 19.1 Å². The Bertz CT molecular complexity index is 823. The lowest BCUT2D eigenvalue weighted by Crippen LogP contribution is -2.59. The summed E-state index contributed by atoms with van der Waals surface area (Å²) in [6, 6.07) is 1.93. The Hall–Kier alpha value is -2.83. The van der Waals surface area contributed by atoms with Gasteiger partial charge >= 0.3 is 12.6 Å². The number of benzene rings is 1. The van der Waals surface area contributed by atoms with E-state index in [9.17, 15) is 33.4 Å². The number of fused-ring (bicyclic) bond motifs is 2. The first-order valence-electron chi connectivity index (χ1n) is 10.1. The van der Waals surface area contributed by atoms with E-state index in [1.807, 2.05) is 4.90 Å². The minimum Gasteiger partial charge on any atom is -0.480 e. The third kappa shape index (κ3) is 6.11. The number of nitrogens with zero attached hydrogens (tertiary/aromatic N) is 1. The number of halogens is 2. The predicted octanol–water partition coefficient (Wildman–Crippen LogP) is -0.131. The van der Waals surface area contributed by atoms with Gasteiger partial charge in [0.05, 0.1) is 18.8 Å². The van der Waals surface area contributed by atoms with Crippen molar-refractivity contribution in [3.05, 3.63) is 29.8 Å². The summed E-state index contributed by atoms with van der Waals surface area (Å²) in [5.74, 6) is -2.87. The molecule has 10 nitrogen and oxygen atoms in total. The van der Waals surface area contributed by atoms with Crippen LogP contribution in [-0.2, 0) is 19.1 Å². The Balaban J connectivity index is 1.52. The van der Waals surface area contributed by atoms with Crippen molar-refractivity contribution in [2.45, 2.75) is 50.4 Å². The highest BCUT2D eigenvalue weighted by Gasteiger charge is 2.39. The highest BCUT2D eigenvalue weighted by Crippen LogP contribution is 2.27. The van der Waals surface area contributed by atoms with E-state index >= 15 is 0 Å². The number of amides is 2. The molecule has 5 atom stereocenters. The molecule has 3 fully saturated rings. The first kappa shape index (κ1) is 23.8. The molecular formula is C20H25F2N3O7. The fraction of sp³-hybridized carbons (Fsp3) is 0.550. The van der Waals surface area contributed by atoms with E-state index in [0.29, 0.717) is 13.1 Å². The number of aliphatic carboxylic acids is 1. The van der Waals surface area contributed by atoms with Crippen LogP contribution in [0, 0.1) is 0 Å². The van der Waals surface area contributed by atoms with Gasteiger partial charge in [-0.2, -0.15) is 8.78 Å². The Morgan fingerprint density at radius 1 is 1.19 bits per heavy atom. The van der Waals surface area contributed by atoms with Crippen molar-refractivity contribution in [1.82, 2.24) is 15.5 Å². The molecule has 0 aromatic heterocycles. The average molecular weight is 457 g/mol. The van der Waals surface area contributed by atoms with Crippen molar-refractivity contribution >= 4 is 17.8 Å². The molecule has 4 rings (SSSR count). The molecule has 3 saturated heterocycles. The Kier molecular flexibility index (Phi) is 7.59. The second kappa shape index (κ2) is 10.2. The smallest absolute Gasteiger partial charge is 0.387 e. The van der Waals surface area contributed by atoms with Crippen LogP contribution in [-0.4, -0.2) is 83.4 Å². The van der Waals surface area contributed by atoms with E-state index in [-0.39, 0.29) is 30.1 Å². The summed E-state index contributed by atoms with van der Waals surface area (Å²) < 4.78 is 34.2. The molecule has 0 aliphatic carbocycles. The summed E-state index contributed by atoms with van der Waals surface area (Å²) in [4.78, 5) is 38.2. The largest absolute Gasteiger partial charge is 0.480 e. The van der Waals surface area contributed by atoms with Crippen molar-refractivity contribution < 1.29 is 42.9 Å². The standard InChI is InChI=1S/C20H25F2N3O7/c1-10(23-15(26)9-25-7-13-6-14(8-25)31-13)18(28)24-16(19(29)30)17(27)11-2-4-12(5-3-11)32-20(21)22/h2-5,10,13-14,16-17,20,27H,6-9H2,1H3,(H,23,26)(H,24,28)(H,29,30)/t10-,13?,14?,16-,17+/m0/s1. The number of hydrogen-bond acceptors (Lipinski definition) is 7. The van der Waals surface area contributed by atoms with Crippen LogP contribution < -0.4 is 15.4 Å². The third-order valence-electron chi connectivity index (χ3n) is 5.30. The van der Waals surface area contributed by atoms with Gasteiger partial charge < -0.3 is 30.3 Å². The van der Waals surface area contributed by atoms with Crippen LogP contribution in [0.15, 0.2) is 24.3 Å². The van der Waals surface area contributed by atoms with Gasteiger partial charge in [-0.3, -0.25) is 14.5 Å². The number of piperidine rings is 1. The van der Waals surface area contributed by atoms with Crippen LogP contribution >= 0.6 is 0 Å². The van der Waals surface area contributed by atoms with E-state index in [0.717, 1.165) is 18.6 Å². The van der Waals surface area contributed by atoms with Crippen LogP contribution in [0.4, 0.5) is 8.78 Å². The predicted molar refractivity (Wildman–Crippen MR) is 105 cm³/mol. The molecule has 3 aliphatic rings. The number of alkyl halides is 2. The highest BCUT2D eigenvalue weighted by molar-refractivity contribution is 5.90. The summed E-state index contributed by atoms with van der Waals surface area (Å²) in [6.45, 7) is -0.266. The van der Waals surface area contributed by atoms with E-state index in [1.54, 1.807) is 0 Å². The molecule has 12 heteroatoms. The van der Waals surface area contributed by atoms with Crippen LogP contribution in [0.1, 0.15) is 25.0 Å². The van der Waals surface area contributed by atoms with Crippen molar-refractivity contribution in [3.63, 3.8) is 0 Å². The first-order chi connectivity index (χ1) is 15.1. The number of hydrogen-bond donors (Lipinski definition) is 4. The van der Waals surface area contributed by atoms with Gasteiger partial charge in [0.15, 0.2) is 6.04 Å². The Morgan fingerprint density at radius 2 is 1.78 bits per heavy atom. The molecule has 4 N–H and O–H groups in total. The van der Waals surface area contributed by atoms with Gasteiger partial charge in [0.25, 0.3) is 0 Å². The molecule has 1 aromatic carbocycles. The molecule has 0 radical (unpaired) electrons. The summed E-state index contributed by atoms with van der Waals surface area (Å²) in [6.07, 6.45) is -0.412. The molecular weight excluding hydrogens is 432 g/mol. The topological polar surface area (TPSA) is 137 Å². The fourth-order valence-electron chi connectivity index (χ4n) is 3.72. The van der Waals surface area contributed by atoms with Crippen LogP contribution in [0.5, 0.6) is 5.75 Å². The van der Waals surface area contributed by atoms with Gasteiger partial charge in [0, 0.05) is 19.5 Å². The summed E-state index contributed by atoms with van der Waals surface area (Å²) >= 11 is 0. The number of aliphatic hydroxyl groups excluding tert-OH is 1. The number of rotatable bonds is 10. The van der Waals surface area contributed by atoms with Gasteiger partial charge in [-0.15, -0.1) is 0 Å². The summed E-state index contributed by atoms with van der Waals surface area (Å²) in [5.41, 5.74) is 0.0712. The average Bonchev–Trinajstić information content (AvgIpc) is 2.70. The van der Waals surface area contributed by atoms with Crippen molar-refractivity contribution in [2.24, 2.45) is 0 Å². The Labute approximate surface area is 182 Å². The zero-order valence-electron chi connectivity index (χ0n) is 17.2. The molecule has 32 heavy (non-hydrogen) atoms. The molecule has 2 unspecified atom stereocenters. The van der Waals surface area contributed by atoms with Crippen LogP contribution in [0.25, 0.3) is 0 Å². The minimum absolute atomic E-state index is 0.0712. The second-order valence-electron chi connectivity index (χ2n) is 7.82. The molecule has 176 valence electrons. The summed E-state index contributed by atoms with van der Waals surface area (Å²) in [7, 11) is 0. The van der Waals surface area contributed by atoms with E-state index < -0.39 is 42.6 Å². The molecule has 2 bridgehead atoms. The van der Waals surface area contributed by atoms with E-state index in [2.05, 4.69) is 15.4 Å².